The maximum Gasteiger partial charge on any atom is 0.185 e. The highest BCUT2D eigenvalue weighted by atomic mass is 32.1. The van der Waals surface area contributed by atoms with Crippen molar-refractivity contribution < 1.29 is 4.42 Å². The summed E-state index contributed by atoms with van der Waals surface area (Å²) in [5, 5.41) is 6.73. The topological polar surface area (TPSA) is 61.3 Å². The second kappa shape index (κ2) is 7.64. The van der Waals surface area contributed by atoms with E-state index in [2.05, 4.69) is 28.1 Å². The zero-order valence-electron chi connectivity index (χ0n) is 9.16. The van der Waals surface area contributed by atoms with Gasteiger partial charge in [0, 0.05) is 6.54 Å². The van der Waals surface area contributed by atoms with Crippen LogP contribution >= 0.6 is 24.4 Å². The molecular formula is C10H14N4OS2. The van der Waals surface area contributed by atoms with E-state index >= 15 is 0 Å². The van der Waals surface area contributed by atoms with E-state index in [0.29, 0.717) is 23.3 Å². The van der Waals surface area contributed by atoms with Crippen LogP contribution in [0.25, 0.3) is 0 Å². The van der Waals surface area contributed by atoms with Gasteiger partial charge >= 0.3 is 0 Å². The van der Waals surface area contributed by atoms with Crippen molar-refractivity contribution in [1.82, 2.24) is 21.5 Å². The molecule has 1 heterocycles. The number of hydrogen-bond acceptors (Lipinski definition) is 3. The first-order valence-corrected chi connectivity index (χ1v) is 5.75. The lowest BCUT2D eigenvalue weighted by Gasteiger charge is -2.12. The quantitative estimate of drug-likeness (QED) is 0.367. The predicted octanol–water partition coefficient (Wildman–Crippen LogP) is 0.809. The Morgan fingerprint density at radius 3 is 2.59 bits per heavy atom. The molecule has 1 aromatic rings. The molecule has 0 amide bonds. The van der Waals surface area contributed by atoms with Gasteiger partial charge in [-0.05, 0) is 36.6 Å². The minimum atomic E-state index is 0.434. The van der Waals surface area contributed by atoms with Gasteiger partial charge in [-0.2, -0.15) is 0 Å². The largest absolute Gasteiger partial charge is 0.467 e. The first kappa shape index (κ1) is 13.5. The third-order valence-corrected chi connectivity index (χ3v) is 2.19. The standard InChI is InChI=1S/C10H14N4OS2/c1-2-5-11-9(16)13-14-10(17)12-7-8-4-3-6-15-8/h2-4,6H,1,5,7H2,(H2,11,13,16)(H2,12,14,17). The van der Waals surface area contributed by atoms with E-state index in [1.807, 2.05) is 12.1 Å². The maximum absolute atomic E-state index is 5.14. The van der Waals surface area contributed by atoms with Crippen molar-refractivity contribution in [3.63, 3.8) is 0 Å². The molecule has 0 radical (unpaired) electrons. The van der Waals surface area contributed by atoms with E-state index in [4.69, 9.17) is 28.9 Å². The fourth-order valence-corrected chi connectivity index (χ4v) is 1.20. The van der Waals surface area contributed by atoms with Crippen LogP contribution in [0.1, 0.15) is 5.76 Å². The van der Waals surface area contributed by atoms with E-state index in [-0.39, 0.29) is 0 Å². The van der Waals surface area contributed by atoms with Crippen LogP contribution in [0.15, 0.2) is 35.5 Å². The summed E-state index contributed by atoms with van der Waals surface area (Å²) in [4.78, 5) is 0. The van der Waals surface area contributed by atoms with Gasteiger partial charge < -0.3 is 15.1 Å². The van der Waals surface area contributed by atoms with E-state index in [1.165, 1.54) is 0 Å². The predicted molar refractivity (Wildman–Crippen MR) is 75.2 cm³/mol. The molecular weight excluding hydrogens is 256 g/mol. The van der Waals surface area contributed by atoms with Gasteiger partial charge in [0.1, 0.15) is 5.76 Å². The molecule has 0 aromatic carbocycles. The van der Waals surface area contributed by atoms with Gasteiger partial charge in [-0.1, -0.05) is 6.08 Å². The summed E-state index contributed by atoms with van der Waals surface area (Å²) in [7, 11) is 0. The highest BCUT2D eigenvalue weighted by molar-refractivity contribution is 7.80. The molecule has 7 heteroatoms. The summed E-state index contributed by atoms with van der Waals surface area (Å²) in [6.07, 6.45) is 3.32. The van der Waals surface area contributed by atoms with E-state index in [0.717, 1.165) is 5.76 Å². The minimum Gasteiger partial charge on any atom is -0.467 e. The average Bonchev–Trinajstić information content (AvgIpc) is 2.84. The molecule has 0 bridgehead atoms. The molecule has 0 saturated heterocycles. The van der Waals surface area contributed by atoms with Crippen LogP contribution in [-0.2, 0) is 6.54 Å². The molecule has 0 saturated carbocycles. The lowest BCUT2D eigenvalue weighted by Crippen LogP contribution is -2.50. The highest BCUT2D eigenvalue weighted by Crippen LogP contribution is 1.97. The monoisotopic (exact) mass is 270 g/mol. The van der Waals surface area contributed by atoms with Crippen molar-refractivity contribution in [2.75, 3.05) is 6.54 Å². The summed E-state index contributed by atoms with van der Waals surface area (Å²) in [5.41, 5.74) is 5.48. The summed E-state index contributed by atoms with van der Waals surface area (Å²) >= 11 is 9.99. The number of hydrogen-bond donors (Lipinski definition) is 4. The molecule has 17 heavy (non-hydrogen) atoms. The SMILES string of the molecule is C=CCNC(=S)NNC(=S)NCc1ccco1. The molecule has 1 rings (SSSR count). The Balaban J connectivity index is 2.12. The first-order valence-electron chi connectivity index (χ1n) is 4.93. The van der Waals surface area contributed by atoms with Gasteiger partial charge in [0.2, 0.25) is 0 Å². The van der Waals surface area contributed by atoms with Crippen molar-refractivity contribution in [1.29, 1.82) is 0 Å². The summed E-state index contributed by atoms with van der Waals surface area (Å²) in [5.74, 6) is 0.807. The third-order valence-electron chi connectivity index (χ3n) is 1.70. The van der Waals surface area contributed by atoms with Crippen LogP contribution in [-0.4, -0.2) is 16.8 Å². The molecule has 0 atom stereocenters. The number of thiocarbonyl (C=S) groups is 2. The Hall–Kier alpha value is -1.60. The van der Waals surface area contributed by atoms with Gasteiger partial charge in [-0.15, -0.1) is 6.58 Å². The Kier molecular flexibility index (Phi) is 6.05. The third kappa shape index (κ3) is 5.88. The second-order valence-electron chi connectivity index (χ2n) is 3.01. The van der Waals surface area contributed by atoms with Gasteiger partial charge in [0.05, 0.1) is 12.8 Å². The Morgan fingerprint density at radius 1 is 1.29 bits per heavy atom. The molecule has 0 aliphatic carbocycles. The van der Waals surface area contributed by atoms with Gasteiger partial charge in [0.15, 0.2) is 10.2 Å². The second-order valence-corrected chi connectivity index (χ2v) is 3.83. The average molecular weight is 270 g/mol. The molecule has 0 aliphatic heterocycles. The van der Waals surface area contributed by atoms with Crippen LogP contribution in [0.4, 0.5) is 0 Å². The lowest BCUT2D eigenvalue weighted by molar-refractivity contribution is 0.502. The first-order chi connectivity index (χ1) is 8.22. The molecule has 0 aliphatic rings. The van der Waals surface area contributed by atoms with E-state index < -0.39 is 0 Å². The van der Waals surface area contributed by atoms with Crippen LogP contribution in [0, 0.1) is 0 Å². The normalized spacial score (nSPS) is 9.18. The molecule has 1 aromatic heterocycles. The van der Waals surface area contributed by atoms with Crippen molar-refractivity contribution in [3.8, 4) is 0 Å². The fraction of sp³-hybridized carbons (Fsp3) is 0.200. The Morgan fingerprint density at radius 2 is 2.00 bits per heavy atom. The van der Waals surface area contributed by atoms with Crippen LogP contribution in [0.3, 0.4) is 0 Å². The van der Waals surface area contributed by atoms with Gasteiger partial charge in [0.25, 0.3) is 0 Å². The van der Waals surface area contributed by atoms with Crippen molar-refractivity contribution in [2.45, 2.75) is 6.54 Å². The highest BCUT2D eigenvalue weighted by Gasteiger charge is 1.98. The fourth-order valence-electron chi connectivity index (χ4n) is 0.947. The number of rotatable bonds is 4. The van der Waals surface area contributed by atoms with Crippen molar-refractivity contribution in [3.05, 3.63) is 36.8 Å². The Labute approximate surface area is 111 Å². The van der Waals surface area contributed by atoms with E-state index in [1.54, 1.807) is 12.3 Å². The van der Waals surface area contributed by atoms with Crippen LogP contribution in [0.2, 0.25) is 0 Å². The maximum atomic E-state index is 5.14. The lowest BCUT2D eigenvalue weighted by atomic mass is 10.4. The molecule has 5 nitrogen and oxygen atoms in total. The van der Waals surface area contributed by atoms with Crippen LogP contribution in [0.5, 0.6) is 0 Å². The van der Waals surface area contributed by atoms with Crippen molar-refractivity contribution >= 4 is 34.7 Å². The van der Waals surface area contributed by atoms with Gasteiger partial charge in [-0.25, -0.2) is 0 Å². The smallest absolute Gasteiger partial charge is 0.185 e. The molecule has 92 valence electrons. The zero-order chi connectivity index (χ0) is 12.5. The van der Waals surface area contributed by atoms with Crippen molar-refractivity contribution in [2.24, 2.45) is 0 Å². The number of nitrogens with one attached hydrogen (secondary N) is 4. The molecule has 0 spiro atoms. The Bertz CT molecular complexity index is 378. The summed E-state index contributed by atoms with van der Waals surface area (Å²) in [6.45, 7) is 4.69. The molecule has 0 fully saturated rings. The van der Waals surface area contributed by atoms with E-state index in [9.17, 15) is 0 Å². The summed E-state index contributed by atoms with van der Waals surface area (Å²) in [6, 6.07) is 3.68. The number of hydrazine groups is 1. The summed E-state index contributed by atoms with van der Waals surface area (Å²) < 4.78 is 5.14. The number of furan rings is 1. The van der Waals surface area contributed by atoms with Crippen LogP contribution < -0.4 is 21.5 Å². The van der Waals surface area contributed by atoms with Gasteiger partial charge in [-0.3, -0.25) is 10.9 Å². The molecule has 4 N–H and O–H groups in total. The zero-order valence-corrected chi connectivity index (χ0v) is 10.8. The minimum absolute atomic E-state index is 0.434. The molecule has 0 unspecified atom stereocenters.